The smallest absolute Gasteiger partial charge is 0.270 e. The Bertz CT molecular complexity index is 1040. The summed E-state index contributed by atoms with van der Waals surface area (Å²) < 4.78 is 1.25. The third-order valence-electron chi connectivity index (χ3n) is 6.06. The van der Waals surface area contributed by atoms with Gasteiger partial charge in [0.05, 0.1) is 22.2 Å². The molecule has 1 aliphatic carbocycles. The molecule has 2 aromatic rings. The van der Waals surface area contributed by atoms with Crippen LogP contribution in [0.3, 0.4) is 0 Å². The molecule has 1 amide bonds. The predicted octanol–water partition coefficient (Wildman–Crippen LogP) is 2.73. The molecule has 1 aromatic carbocycles. The van der Waals surface area contributed by atoms with Crippen LogP contribution in [0.1, 0.15) is 40.0 Å². The van der Waals surface area contributed by atoms with Crippen molar-refractivity contribution in [2.45, 2.75) is 52.6 Å². The van der Waals surface area contributed by atoms with Gasteiger partial charge >= 0.3 is 0 Å². The number of hydrogen-bond acceptors (Lipinski definition) is 5. The Morgan fingerprint density at radius 2 is 2.07 bits per heavy atom. The van der Waals surface area contributed by atoms with E-state index in [0.29, 0.717) is 12.1 Å². The van der Waals surface area contributed by atoms with E-state index in [1.165, 1.54) is 29.1 Å². The van der Waals surface area contributed by atoms with Crippen LogP contribution in [-0.2, 0) is 11.3 Å². The number of fused-ring (bicyclic) bond motifs is 3. The number of carbonyl (C=O) groups is 1. The highest BCUT2D eigenvalue weighted by atomic mass is 16.6. The number of likely N-dealkylation sites (tertiary alicyclic amines) is 1. The number of rotatable bonds is 3. The molecule has 1 aromatic heterocycles. The Kier molecular flexibility index (Phi) is 4.06. The summed E-state index contributed by atoms with van der Waals surface area (Å²) in [5.74, 6) is -0.0971. The highest BCUT2D eigenvalue weighted by Crippen LogP contribution is 2.52. The molecule has 8 nitrogen and oxygen atoms in total. The maximum Gasteiger partial charge on any atom is 0.270 e. The molecule has 1 aliphatic heterocycles. The van der Waals surface area contributed by atoms with Crippen molar-refractivity contribution in [3.63, 3.8) is 0 Å². The van der Waals surface area contributed by atoms with Gasteiger partial charge in [0.15, 0.2) is 0 Å². The van der Waals surface area contributed by atoms with Crippen LogP contribution in [0.15, 0.2) is 29.3 Å². The molecule has 4 rings (SSSR count). The van der Waals surface area contributed by atoms with Gasteiger partial charge in [0.1, 0.15) is 6.54 Å². The van der Waals surface area contributed by atoms with Gasteiger partial charge in [0.2, 0.25) is 5.91 Å². The maximum absolute atomic E-state index is 13.0. The lowest BCUT2D eigenvalue weighted by Crippen LogP contribution is -2.40. The Hall–Kier alpha value is -2.77. The second-order valence-electron chi connectivity index (χ2n) is 9.37. The highest BCUT2D eigenvalue weighted by molar-refractivity contribution is 5.81. The zero-order valence-electron chi connectivity index (χ0n) is 16.3. The molecule has 2 fully saturated rings. The fraction of sp³-hybridized carbons (Fsp3) is 0.550. The third kappa shape index (κ3) is 3.16. The minimum atomic E-state index is -0.547. The average Bonchev–Trinajstić information content (AvgIpc) is 2.86. The van der Waals surface area contributed by atoms with Crippen molar-refractivity contribution >= 4 is 22.5 Å². The molecule has 0 radical (unpaired) electrons. The van der Waals surface area contributed by atoms with Gasteiger partial charge in [-0.1, -0.05) is 20.8 Å². The van der Waals surface area contributed by atoms with Crippen molar-refractivity contribution in [2.24, 2.45) is 10.8 Å². The molecule has 1 saturated heterocycles. The number of nitro groups is 1. The number of nitro benzene ring substituents is 1. The number of aromatic nitrogens is 2. The summed E-state index contributed by atoms with van der Waals surface area (Å²) in [6.07, 6.45) is 4.40. The molecular formula is C20H24N4O4. The van der Waals surface area contributed by atoms with Gasteiger partial charge in [-0.25, -0.2) is 4.98 Å². The molecular weight excluding hydrogens is 360 g/mol. The van der Waals surface area contributed by atoms with Crippen molar-refractivity contribution < 1.29 is 9.72 Å². The van der Waals surface area contributed by atoms with Crippen molar-refractivity contribution in [1.29, 1.82) is 0 Å². The van der Waals surface area contributed by atoms with Crippen LogP contribution >= 0.6 is 0 Å². The van der Waals surface area contributed by atoms with E-state index < -0.39 is 10.5 Å². The monoisotopic (exact) mass is 384 g/mol. The third-order valence-corrected chi connectivity index (χ3v) is 6.06. The van der Waals surface area contributed by atoms with Crippen LogP contribution in [-0.4, -0.2) is 37.9 Å². The van der Waals surface area contributed by atoms with Crippen molar-refractivity contribution in [2.75, 3.05) is 6.54 Å². The SMILES string of the molecule is CC1(C)C[C@@H]2C[C@@](C)(CN2C(=O)Cn2cnc3ccc([N+](=O)[O-])cc3c2=O)C1. The van der Waals surface area contributed by atoms with Crippen molar-refractivity contribution in [1.82, 2.24) is 14.5 Å². The first-order chi connectivity index (χ1) is 13.1. The number of carbonyl (C=O) groups excluding carboxylic acids is 1. The van der Waals surface area contributed by atoms with Crippen LogP contribution in [0.5, 0.6) is 0 Å². The van der Waals surface area contributed by atoms with Gasteiger partial charge < -0.3 is 4.90 Å². The van der Waals surface area contributed by atoms with Gasteiger partial charge in [-0.3, -0.25) is 24.3 Å². The van der Waals surface area contributed by atoms with Gasteiger partial charge in [-0.2, -0.15) is 0 Å². The van der Waals surface area contributed by atoms with E-state index in [4.69, 9.17) is 0 Å². The van der Waals surface area contributed by atoms with E-state index in [1.807, 2.05) is 4.90 Å². The summed E-state index contributed by atoms with van der Waals surface area (Å²) in [4.78, 5) is 42.3. The largest absolute Gasteiger partial charge is 0.338 e. The molecule has 8 heteroatoms. The number of nitrogens with zero attached hydrogens (tertiary/aromatic N) is 4. The predicted molar refractivity (Wildman–Crippen MR) is 104 cm³/mol. The summed E-state index contributed by atoms with van der Waals surface area (Å²) in [6.45, 7) is 7.34. The molecule has 2 heterocycles. The van der Waals surface area contributed by atoms with E-state index in [0.717, 1.165) is 19.3 Å². The standard InChI is InChI=1S/C20H24N4O4/c1-19(2)7-14-8-20(3,10-19)11-23(14)17(25)9-22-12-21-16-5-4-13(24(27)28)6-15(16)18(22)26/h4-6,12,14H,7-11H2,1-3H3/t14-,20-/m1/s1. The summed E-state index contributed by atoms with van der Waals surface area (Å²) in [7, 11) is 0. The maximum atomic E-state index is 13.0. The Morgan fingerprint density at radius 3 is 2.79 bits per heavy atom. The fourth-order valence-corrected chi connectivity index (χ4v) is 5.36. The van der Waals surface area contributed by atoms with Gasteiger partial charge in [0.25, 0.3) is 11.2 Å². The normalized spacial score (nSPS) is 25.8. The van der Waals surface area contributed by atoms with E-state index in [9.17, 15) is 19.7 Å². The summed E-state index contributed by atoms with van der Waals surface area (Å²) >= 11 is 0. The van der Waals surface area contributed by atoms with E-state index >= 15 is 0 Å². The molecule has 0 spiro atoms. The Balaban J connectivity index is 1.62. The minimum absolute atomic E-state index is 0.0971. The molecule has 148 valence electrons. The first-order valence-electron chi connectivity index (χ1n) is 9.50. The number of non-ortho nitro benzene ring substituents is 1. The molecule has 28 heavy (non-hydrogen) atoms. The van der Waals surface area contributed by atoms with Crippen molar-refractivity contribution in [3.05, 3.63) is 45.0 Å². The van der Waals surface area contributed by atoms with Gasteiger partial charge in [-0.05, 0) is 36.2 Å². The molecule has 0 N–H and O–H groups in total. The second kappa shape index (κ2) is 6.12. The molecule has 1 saturated carbocycles. The van der Waals surface area contributed by atoms with Crippen LogP contribution in [0.2, 0.25) is 0 Å². The van der Waals surface area contributed by atoms with E-state index in [-0.39, 0.29) is 40.4 Å². The van der Waals surface area contributed by atoms with E-state index in [1.54, 1.807) is 0 Å². The second-order valence-corrected chi connectivity index (χ2v) is 9.37. The quantitative estimate of drug-likeness (QED) is 0.598. The topological polar surface area (TPSA) is 98.3 Å². The Morgan fingerprint density at radius 1 is 1.32 bits per heavy atom. The van der Waals surface area contributed by atoms with Crippen molar-refractivity contribution in [3.8, 4) is 0 Å². The van der Waals surface area contributed by atoms with Crippen LogP contribution in [0.4, 0.5) is 5.69 Å². The highest BCUT2D eigenvalue weighted by Gasteiger charge is 2.50. The lowest BCUT2D eigenvalue weighted by atomic mass is 9.65. The van der Waals surface area contributed by atoms with Gasteiger partial charge in [0, 0.05) is 24.7 Å². The average molecular weight is 384 g/mol. The van der Waals surface area contributed by atoms with Crippen LogP contribution < -0.4 is 5.56 Å². The number of hydrogen-bond donors (Lipinski definition) is 0. The van der Waals surface area contributed by atoms with Crippen LogP contribution in [0, 0.1) is 20.9 Å². The molecule has 2 aliphatic rings. The summed E-state index contributed by atoms with van der Waals surface area (Å²) in [6, 6.07) is 4.19. The zero-order chi connectivity index (χ0) is 20.3. The zero-order valence-corrected chi connectivity index (χ0v) is 16.3. The lowest BCUT2D eigenvalue weighted by Gasteiger charge is -2.39. The Labute approximate surface area is 162 Å². The van der Waals surface area contributed by atoms with E-state index in [2.05, 4.69) is 25.8 Å². The minimum Gasteiger partial charge on any atom is -0.338 e. The first kappa shape index (κ1) is 18.6. The lowest BCUT2D eigenvalue weighted by molar-refractivity contribution is -0.384. The number of benzene rings is 1. The summed E-state index contributed by atoms with van der Waals surface area (Å²) in [5.41, 5.74) is 0.0998. The van der Waals surface area contributed by atoms with Crippen LogP contribution in [0.25, 0.3) is 10.9 Å². The van der Waals surface area contributed by atoms with Gasteiger partial charge in [-0.15, -0.1) is 0 Å². The first-order valence-corrected chi connectivity index (χ1v) is 9.50. The summed E-state index contributed by atoms with van der Waals surface area (Å²) in [5, 5.41) is 11.1. The molecule has 2 bridgehead atoms. The number of amides is 1. The fourth-order valence-electron chi connectivity index (χ4n) is 5.36. The molecule has 0 unspecified atom stereocenters. The molecule has 2 atom stereocenters.